The molecule has 4 N–H and O–H groups in total. The fraction of sp³-hybridized carbons (Fsp3) is 0.448. The van der Waals surface area contributed by atoms with Gasteiger partial charge in [-0.1, -0.05) is 32.1 Å². The van der Waals surface area contributed by atoms with Gasteiger partial charge in [0.25, 0.3) is 0 Å². The van der Waals surface area contributed by atoms with Crippen molar-refractivity contribution >= 4 is 29.1 Å². The maximum atomic E-state index is 12.7. The van der Waals surface area contributed by atoms with Gasteiger partial charge in [0.15, 0.2) is 5.75 Å². The lowest BCUT2D eigenvalue weighted by Gasteiger charge is -2.19. The fourth-order valence-electron chi connectivity index (χ4n) is 3.30. The van der Waals surface area contributed by atoms with Crippen molar-refractivity contribution in [2.75, 3.05) is 33.1 Å². The van der Waals surface area contributed by atoms with E-state index >= 15 is 0 Å². The highest BCUT2D eigenvalue weighted by Crippen LogP contribution is 2.32. The molecule has 0 heterocycles. The van der Waals surface area contributed by atoms with Gasteiger partial charge in [-0.05, 0) is 57.9 Å². The molecular formula is C29H43N5O4. The van der Waals surface area contributed by atoms with Gasteiger partial charge in [-0.3, -0.25) is 9.79 Å². The Morgan fingerprint density at radius 2 is 1.89 bits per heavy atom. The highest BCUT2D eigenvalue weighted by atomic mass is 16.5. The van der Waals surface area contributed by atoms with Gasteiger partial charge in [0, 0.05) is 37.4 Å². The number of esters is 1. The minimum atomic E-state index is -0.490. The zero-order valence-corrected chi connectivity index (χ0v) is 23.7. The molecular weight excluding hydrogens is 482 g/mol. The normalized spacial score (nSPS) is 13.8. The number of hydrogen-bond donors (Lipinski definition) is 4. The van der Waals surface area contributed by atoms with Crippen LogP contribution in [0.1, 0.15) is 58.9 Å². The molecule has 1 aliphatic carbocycles. The lowest BCUT2D eigenvalue weighted by molar-refractivity contribution is -0.138. The van der Waals surface area contributed by atoms with Crippen LogP contribution in [0.25, 0.3) is 0 Å². The van der Waals surface area contributed by atoms with Crippen LogP contribution in [0.4, 0.5) is 5.69 Å². The van der Waals surface area contributed by atoms with E-state index in [0.717, 1.165) is 19.3 Å². The molecule has 2 rings (SSSR count). The summed E-state index contributed by atoms with van der Waals surface area (Å²) in [6.07, 6.45) is 10.8. The van der Waals surface area contributed by atoms with Gasteiger partial charge < -0.3 is 30.8 Å². The van der Waals surface area contributed by atoms with Crippen molar-refractivity contribution in [3.63, 3.8) is 0 Å². The minimum Gasteiger partial charge on any atom is -0.494 e. The van der Waals surface area contributed by atoms with Gasteiger partial charge in [0.1, 0.15) is 5.84 Å². The van der Waals surface area contributed by atoms with Crippen molar-refractivity contribution in [1.29, 1.82) is 5.41 Å². The van der Waals surface area contributed by atoms with E-state index in [2.05, 4.69) is 33.9 Å². The van der Waals surface area contributed by atoms with Crippen molar-refractivity contribution in [1.82, 2.24) is 10.6 Å². The molecule has 0 bridgehead atoms. The lowest BCUT2D eigenvalue weighted by Crippen LogP contribution is -2.31. The second-order valence-corrected chi connectivity index (χ2v) is 8.41. The zero-order valence-electron chi connectivity index (χ0n) is 23.7. The van der Waals surface area contributed by atoms with Crippen molar-refractivity contribution < 1.29 is 19.1 Å². The summed E-state index contributed by atoms with van der Waals surface area (Å²) in [5.74, 6) is 0.240. The molecule has 9 nitrogen and oxygen atoms in total. The quantitative estimate of drug-likeness (QED) is 0.100. The first-order chi connectivity index (χ1) is 18.3. The molecule has 9 heteroatoms. The molecule has 1 fully saturated rings. The van der Waals surface area contributed by atoms with E-state index in [1.807, 2.05) is 20.2 Å². The Labute approximate surface area is 227 Å². The van der Waals surface area contributed by atoms with Crippen LogP contribution in [0, 0.1) is 11.3 Å². The molecule has 0 unspecified atom stereocenters. The SMILES string of the molecule is CC/C=C(C(=O)OCC)/C(=C\C(=NC)NC(=O)C1CC1)Nc1cccc(C(C)=N)c1OC.CC/C=C/NC. The standard InChI is InChI=1S/C24H32N4O4.C5H11N/c1-6-9-18(24(30)32-7-2)20(14-21(26-4)28-23(29)16-12-13-16)27-19-11-8-10-17(15(3)25)22(19)31-5;1-3-4-5-6-2/h8-11,14,16,25,27H,6-7,12-13H2,1-5H3,(H,26,28,29);4-6H,3H2,1-2H3/b18-9-,20-14+,25-15?;5-4+. The Kier molecular flexibility index (Phi) is 14.9. The molecule has 38 heavy (non-hydrogen) atoms. The topological polar surface area (TPSA) is 125 Å². The molecule has 0 aromatic heterocycles. The van der Waals surface area contributed by atoms with Crippen LogP contribution in [0.2, 0.25) is 0 Å². The van der Waals surface area contributed by atoms with Crippen LogP contribution < -0.4 is 20.7 Å². The van der Waals surface area contributed by atoms with Gasteiger partial charge in [-0.25, -0.2) is 4.79 Å². The van der Waals surface area contributed by atoms with E-state index in [0.29, 0.717) is 46.2 Å². The molecule has 0 radical (unpaired) electrons. The fourth-order valence-corrected chi connectivity index (χ4v) is 3.30. The maximum Gasteiger partial charge on any atom is 0.339 e. The number of aliphatic imine (C=N–C) groups is 1. The zero-order chi connectivity index (χ0) is 28.5. The van der Waals surface area contributed by atoms with Crippen LogP contribution in [0.15, 0.2) is 58.9 Å². The summed E-state index contributed by atoms with van der Waals surface area (Å²) >= 11 is 0. The number of para-hydroxylation sites is 1. The first kappa shape index (κ1) is 32.1. The monoisotopic (exact) mass is 525 g/mol. The second kappa shape index (κ2) is 17.6. The molecule has 1 aromatic carbocycles. The summed E-state index contributed by atoms with van der Waals surface area (Å²) in [6, 6.07) is 5.38. The van der Waals surface area contributed by atoms with Crippen molar-refractivity contribution in [2.45, 2.75) is 53.4 Å². The molecule has 1 aromatic rings. The summed E-state index contributed by atoms with van der Waals surface area (Å²) in [6.45, 7) is 7.67. The van der Waals surface area contributed by atoms with E-state index in [1.165, 1.54) is 7.11 Å². The largest absolute Gasteiger partial charge is 0.494 e. The van der Waals surface area contributed by atoms with Gasteiger partial charge in [0.2, 0.25) is 5.91 Å². The van der Waals surface area contributed by atoms with E-state index in [4.69, 9.17) is 14.9 Å². The summed E-state index contributed by atoms with van der Waals surface area (Å²) in [5, 5.41) is 17.0. The van der Waals surface area contributed by atoms with Crippen molar-refractivity contribution in [3.05, 3.63) is 59.5 Å². The Bertz CT molecular complexity index is 1060. The highest BCUT2D eigenvalue weighted by molar-refractivity contribution is 6.08. The number of nitrogens with one attached hydrogen (secondary N) is 4. The number of carbonyl (C=O) groups is 2. The predicted octanol–water partition coefficient (Wildman–Crippen LogP) is 4.96. The summed E-state index contributed by atoms with van der Waals surface area (Å²) in [4.78, 5) is 29.2. The third kappa shape index (κ3) is 10.6. The number of amides is 1. The summed E-state index contributed by atoms with van der Waals surface area (Å²) in [7, 11) is 5.00. The molecule has 208 valence electrons. The van der Waals surface area contributed by atoms with E-state index in [9.17, 15) is 9.59 Å². The number of carbonyl (C=O) groups excluding carboxylic acids is 2. The van der Waals surface area contributed by atoms with E-state index < -0.39 is 5.97 Å². The van der Waals surface area contributed by atoms with Gasteiger partial charge in [-0.2, -0.15) is 0 Å². The number of methoxy groups -OCH3 is 1. The summed E-state index contributed by atoms with van der Waals surface area (Å²) in [5.41, 5.74) is 2.26. The molecule has 0 atom stereocenters. The Morgan fingerprint density at radius 1 is 1.18 bits per heavy atom. The first-order valence-electron chi connectivity index (χ1n) is 13.0. The Morgan fingerprint density at radius 3 is 2.37 bits per heavy atom. The molecule has 0 spiro atoms. The van der Waals surface area contributed by atoms with Crippen LogP contribution in [0.5, 0.6) is 5.75 Å². The smallest absolute Gasteiger partial charge is 0.339 e. The number of rotatable bonds is 12. The first-order valence-corrected chi connectivity index (χ1v) is 13.0. The molecule has 0 saturated heterocycles. The number of amidine groups is 1. The average molecular weight is 526 g/mol. The van der Waals surface area contributed by atoms with Crippen molar-refractivity contribution in [3.8, 4) is 5.75 Å². The van der Waals surface area contributed by atoms with Gasteiger partial charge in [-0.15, -0.1) is 0 Å². The predicted molar refractivity (Wildman–Crippen MR) is 155 cm³/mol. The van der Waals surface area contributed by atoms with Gasteiger partial charge >= 0.3 is 5.97 Å². The van der Waals surface area contributed by atoms with Crippen molar-refractivity contribution in [2.24, 2.45) is 10.9 Å². The van der Waals surface area contributed by atoms with Crippen LogP contribution in [0.3, 0.4) is 0 Å². The Hall–Kier alpha value is -3.88. The number of benzene rings is 1. The second-order valence-electron chi connectivity index (χ2n) is 8.41. The number of allylic oxidation sites excluding steroid dienone is 2. The molecule has 0 aliphatic heterocycles. The third-order valence-corrected chi connectivity index (χ3v) is 5.33. The van der Waals surface area contributed by atoms with Crippen LogP contribution in [-0.4, -0.2) is 51.2 Å². The average Bonchev–Trinajstić information content (AvgIpc) is 3.75. The van der Waals surface area contributed by atoms with Gasteiger partial charge in [0.05, 0.1) is 30.7 Å². The Balaban J connectivity index is 0.00000107. The molecule has 1 amide bonds. The highest BCUT2D eigenvalue weighted by Gasteiger charge is 2.30. The third-order valence-electron chi connectivity index (χ3n) is 5.33. The maximum absolute atomic E-state index is 12.7. The summed E-state index contributed by atoms with van der Waals surface area (Å²) < 4.78 is 10.8. The van der Waals surface area contributed by atoms with Crippen LogP contribution >= 0.6 is 0 Å². The van der Waals surface area contributed by atoms with E-state index in [1.54, 1.807) is 51.2 Å². The molecule has 1 aliphatic rings. The number of anilines is 1. The number of ether oxygens (including phenoxy) is 2. The number of hydrogen-bond acceptors (Lipinski definition) is 8. The lowest BCUT2D eigenvalue weighted by atomic mass is 10.1. The van der Waals surface area contributed by atoms with E-state index in [-0.39, 0.29) is 18.4 Å². The minimum absolute atomic E-state index is 0.0135. The van der Waals surface area contributed by atoms with Crippen LogP contribution in [-0.2, 0) is 14.3 Å². The molecule has 1 saturated carbocycles. The number of nitrogens with zero attached hydrogens (tertiary/aromatic N) is 1.